The van der Waals surface area contributed by atoms with E-state index in [0.717, 1.165) is 37.1 Å². The van der Waals surface area contributed by atoms with Crippen LogP contribution in [0.15, 0.2) is 36.5 Å². The van der Waals surface area contributed by atoms with Crippen molar-refractivity contribution in [3.05, 3.63) is 53.2 Å². The lowest BCUT2D eigenvalue weighted by atomic mass is 9.94. The number of hydrogen-bond acceptors (Lipinski definition) is 4. The van der Waals surface area contributed by atoms with Gasteiger partial charge in [0, 0.05) is 37.6 Å². The third-order valence-corrected chi connectivity index (χ3v) is 6.10. The minimum Gasteiger partial charge on any atom is -0.444 e. The number of hydrogen-bond donors (Lipinski definition) is 1. The molecule has 0 unspecified atom stereocenters. The number of nitrogens with one attached hydrogen (secondary N) is 1. The number of nitrogens with zero attached hydrogens (tertiary/aromatic N) is 3. The molecule has 3 heterocycles. The SMILES string of the molecule is Cc1ccc2[nH]ncc2c1-c1ccc2c(c1)CN(C1CN(C(=O)OC(C)(C)C)C1)C2. The number of H-pyrrole nitrogens is 1. The molecule has 0 aliphatic carbocycles. The fourth-order valence-electron chi connectivity index (χ4n) is 4.51. The topological polar surface area (TPSA) is 61.5 Å². The lowest BCUT2D eigenvalue weighted by Crippen LogP contribution is -2.60. The van der Waals surface area contributed by atoms with Gasteiger partial charge in [0.15, 0.2) is 0 Å². The Bertz CT molecular complexity index is 1120. The molecule has 1 fully saturated rings. The number of aromatic nitrogens is 2. The van der Waals surface area contributed by atoms with Crippen LogP contribution in [0.5, 0.6) is 0 Å². The van der Waals surface area contributed by atoms with Gasteiger partial charge in [-0.05, 0) is 67.6 Å². The number of carbonyl (C=O) groups is 1. The molecular formula is C24H28N4O2. The van der Waals surface area contributed by atoms with Crippen molar-refractivity contribution < 1.29 is 9.53 Å². The molecule has 2 aliphatic rings. The van der Waals surface area contributed by atoms with Crippen molar-refractivity contribution >= 4 is 17.0 Å². The average molecular weight is 405 g/mol. The number of rotatable bonds is 2. The van der Waals surface area contributed by atoms with Crippen LogP contribution < -0.4 is 0 Å². The molecule has 0 spiro atoms. The Morgan fingerprint density at radius 1 is 1.13 bits per heavy atom. The molecule has 6 heteroatoms. The highest BCUT2D eigenvalue weighted by molar-refractivity contribution is 5.96. The number of fused-ring (bicyclic) bond motifs is 2. The van der Waals surface area contributed by atoms with Crippen LogP contribution in [0.25, 0.3) is 22.0 Å². The molecule has 1 aromatic heterocycles. The van der Waals surface area contributed by atoms with Crippen LogP contribution in [0.4, 0.5) is 4.79 Å². The Kier molecular flexibility index (Phi) is 4.36. The van der Waals surface area contributed by atoms with Crippen LogP contribution in [0.1, 0.15) is 37.5 Å². The molecule has 1 saturated heterocycles. The van der Waals surface area contributed by atoms with Crippen molar-refractivity contribution in [1.29, 1.82) is 0 Å². The van der Waals surface area contributed by atoms with E-state index < -0.39 is 5.60 Å². The van der Waals surface area contributed by atoms with E-state index >= 15 is 0 Å². The van der Waals surface area contributed by atoms with E-state index in [1.165, 1.54) is 27.8 Å². The smallest absolute Gasteiger partial charge is 0.410 e. The number of likely N-dealkylation sites (tertiary alicyclic amines) is 1. The Hall–Kier alpha value is -2.86. The summed E-state index contributed by atoms with van der Waals surface area (Å²) in [5.41, 5.74) is 7.12. The van der Waals surface area contributed by atoms with Crippen LogP contribution in [-0.4, -0.2) is 50.8 Å². The molecule has 2 aromatic carbocycles. The maximum absolute atomic E-state index is 12.2. The molecule has 1 N–H and O–H groups in total. The van der Waals surface area contributed by atoms with Gasteiger partial charge in [0.25, 0.3) is 0 Å². The zero-order chi connectivity index (χ0) is 21.0. The number of aromatic amines is 1. The van der Waals surface area contributed by atoms with Crippen LogP contribution in [0, 0.1) is 6.92 Å². The summed E-state index contributed by atoms with van der Waals surface area (Å²) in [6.45, 7) is 11.2. The van der Waals surface area contributed by atoms with Gasteiger partial charge in [-0.1, -0.05) is 18.2 Å². The zero-order valence-electron chi connectivity index (χ0n) is 18.0. The predicted molar refractivity (Wildman–Crippen MR) is 117 cm³/mol. The highest BCUT2D eigenvalue weighted by atomic mass is 16.6. The van der Waals surface area contributed by atoms with E-state index in [1.54, 1.807) is 4.90 Å². The van der Waals surface area contributed by atoms with Crippen molar-refractivity contribution in [2.45, 2.75) is 52.4 Å². The maximum atomic E-state index is 12.2. The maximum Gasteiger partial charge on any atom is 0.410 e. The summed E-state index contributed by atoms with van der Waals surface area (Å²) < 4.78 is 5.48. The third kappa shape index (κ3) is 3.35. The summed E-state index contributed by atoms with van der Waals surface area (Å²) in [7, 11) is 0. The minimum absolute atomic E-state index is 0.207. The van der Waals surface area contributed by atoms with Crippen LogP contribution in [0.2, 0.25) is 0 Å². The molecule has 0 atom stereocenters. The molecule has 3 aromatic rings. The Labute approximate surface area is 176 Å². The summed E-state index contributed by atoms with van der Waals surface area (Å²) >= 11 is 0. The standard InChI is InChI=1S/C24H28N4O2/c1-15-5-8-21-20(10-25-26-21)22(15)16-6-7-17-11-27(12-18(17)9-16)19-13-28(14-19)23(29)30-24(2,3)4/h5-10,19H,11-14H2,1-4H3,(H,25,26). The molecule has 30 heavy (non-hydrogen) atoms. The van der Waals surface area contributed by atoms with Crippen molar-refractivity contribution in [2.24, 2.45) is 0 Å². The number of carbonyl (C=O) groups excluding carboxylic acids is 1. The fraction of sp³-hybridized carbons (Fsp3) is 0.417. The predicted octanol–water partition coefficient (Wildman–Crippen LogP) is 4.47. The fourth-order valence-corrected chi connectivity index (χ4v) is 4.51. The van der Waals surface area contributed by atoms with E-state index in [-0.39, 0.29) is 6.09 Å². The third-order valence-electron chi connectivity index (χ3n) is 6.10. The molecule has 156 valence electrons. The quantitative estimate of drug-likeness (QED) is 0.684. The first-order valence-electron chi connectivity index (χ1n) is 10.6. The van der Waals surface area contributed by atoms with Gasteiger partial charge < -0.3 is 9.64 Å². The van der Waals surface area contributed by atoms with E-state index in [9.17, 15) is 4.79 Å². The number of aryl methyl sites for hydroxylation is 1. The Morgan fingerprint density at radius 3 is 2.67 bits per heavy atom. The molecular weight excluding hydrogens is 376 g/mol. The summed E-state index contributed by atoms with van der Waals surface area (Å²) in [5.74, 6) is 0. The molecule has 0 saturated carbocycles. The van der Waals surface area contributed by atoms with Crippen LogP contribution in [-0.2, 0) is 17.8 Å². The summed E-state index contributed by atoms with van der Waals surface area (Å²) in [6.07, 6.45) is 1.71. The van der Waals surface area contributed by atoms with Crippen LogP contribution in [0.3, 0.4) is 0 Å². The van der Waals surface area contributed by atoms with Crippen molar-refractivity contribution in [3.63, 3.8) is 0 Å². The Morgan fingerprint density at radius 2 is 1.90 bits per heavy atom. The molecule has 6 nitrogen and oxygen atoms in total. The van der Waals surface area contributed by atoms with E-state index in [2.05, 4.69) is 52.4 Å². The number of amides is 1. The van der Waals surface area contributed by atoms with Gasteiger partial charge in [0.05, 0.1) is 11.7 Å². The second-order valence-corrected chi connectivity index (χ2v) is 9.52. The first-order chi connectivity index (χ1) is 14.3. The van der Waals surface area contributed by atoms with Gasteiger partial charge in [0.1, 0.15) is 5.60 Å². The minimum atomic E-state index is -0.446. The molecule has 1 amide bonds. The molecule has 0 bridgehead atoms. The lowest BCUT2D eigenvalue weighted by molar-refractivity contribution is -0.0163. The van der Waals surface area contributed by atoms with Gasteiger partial charge in [-0.15, -0.1) is 0 Å². The largest absolute Gasteiger partial charge is 0.444 e. The van der Waals surface area contributed by atoms with Gasteiger partial charge in [0.2, 0.25) is 0 Å². The zero-order valence-corrected chi connectivity index (χ0v) is 18.0. The summed E-state index contributed by atoms with van der Waals surface area (Å²) in [6, 6.07) is 11.4. The first-order valence-corrected chi connectivity index (χ1v) is 10.6. The Balaban J connectivity index is 1.30. The van der Waals surface area contributed by atoms with E-state index in [1.807, 2.05) is 27.0 Å². The highest BCUT2D eigenvalue weighted by Crippen LogP contribution is 2.35. The molecule has 2 aliphatic heterocycles. The van der Waals surface area contributed by atoms with Gasteiger partial charge >= 0.3 is 6.09 Å². The van der Waals surface area contributed by atoms with Crippen molar-refractivity contribution in [1.82, 2.24) is 20.0 Å². The molecule has 0 radical (unpaired) electrons. The van der Waals surface area contributed by atoms with Crippen molar-refractivity contribution in [3.8, 4) is 11.1 Å². The summed E-state index contributed by atoms with van der Waals surface area (Å²) in [5, 5.41) is 8.46. The lowest BCUT2D eigenvalue weighted by Gasteiger charge is -2.44. The second kappa shape index (κ2) is 6.84. The normalized spacial score (nSPS) is 17.3. The van der Waals surface area contributed by atoms with E-state index in [0.29, 0.717) is 6.04 Å². The second-order valence-electron chi connectivity index (χ2n) is 9.52. The number of ether oxygens (including phenoxy) is 1. The molecule has 5 rings (SSSR count). The van der Waals surface area contributed by atoms with E-state index in [4.69, 9.17) is 4.74 Å². The van der Waals surface area contributed by atoms with Crippen LogP contribution >= 0.6 is 0 Å². The van der Waals surface area contributed by atoms with Crippen molar-refractivity contribution in [2.75, 3.05) is 13.1 Å². The van der Waals surface area contributed by atoms with Gasteiger partial charge in [-0.3, -0.25) is 10.00 Å². The van der Waals surface area contributed by atoms with Gasteiger partial charge in [-0.25, -0.2) is 4.79 Å². The van der Waals surface area contributed by atoms with Gasteiger partial charge in [-0.2, -0.15) is 5.10 Å². The highest BCUT2D eigenvalue weighted by Gasteiger charge is 2.38. The first kappa shape index (κ1) is 19.1. The average Bonchev–Trinajstić information content (AvgIpc) is 3.24. The number of benzene rings is 2. The monoisotopic (exact) mass is 404 g/mol. The summed E-state index contributed by atoms with van der Waals surface area (Å²) in [4.78, 5) is 16.5.